The molecule has 30 heavy (non-hydrogen) atoms. The highest BCUT2D eigenvalue weighted by Crippen LogP contribution is 2.40. The first-order valence-corrected chi connectivity index (χ1v) is 9.65. The monoisotopic (exact) mass is 398 g/mol. The van der Waals surface area contributed by atoms with Crippen LogP contribution in [0.4, 0.5) is 0 Å². The molecule has 0 atom stereocenters. The molecule has 0 aliphatic carbocycles. The predicted molar refractivity (Wildman–Crippen MR) is 118 cm³/mol. The summed E-state index contributed by atoms with van der Waals surface area (Å²) in [5.41, 5.74) is 4.24. The van der Waals surface area contributed by atoms with Gasteiger partial charge in [0.15, 0.2) is 5.76 Å². The molecule has 0 bridgehead atoms. The molecule has 4 heteroatoms. The maximum Gasteiger partial charge on any atom is 0.231 e. The Bertz CT molecular complexity index is 1140. The number of methoxy groups -OCH3 is 1. The van der Waals surface area contributed by atoms with Gasteiger partial charge < -0.3 is 14.2 Å². The van der Waals surface area contributed by atoms with Gasteiger partial charge in [-0.05, 0) is 42.3 Å². The second-order valence-electron chi connectivity index (χ2n) is 6.98. The summed E-state index contributed by atoms with van der Waals surface area (Å²) < 4.78 is 17.3. The van der Waals surface area contributed by atoms with Crippen LogP contribution < -0.4 is 14.2 Å². The number of benzene rings is 3. The molecule has 3 aromatic carbocycles. The van der Waals surface area contributed by atoms with Gasteiger partial charge in [0, 0.05) is 11.1 Å². The Balaban J connectivity index is 1.56. The van der Waals surface area contributed by atoms with Crippen molar-refractivity contribution < 1.29 is 19.0 Å². The molecule has 0 radical (unpaired) electrons. The van der Waals surface area contributed by atoms with E-state index in [4.69, 9.17) is 14.2 Å². The summed E-state index contributed by atoms with van der Waals surface area (Å²) >= 11 is 0. The van der Waals surface area contributed by atoms with Crippen molar-refractivity contribution in [2.24, 2.45) is 0 Å². The van der Waals surface area contributed by atoms with Crippen LogP contribution in [-0.2, 0) is 6.61 Å². The Labute approximate surface area is 176 Å². The van der Waals surface area contributed by atoms with Crippen molar-refractivity contribution >= 4 is 17.9 Å². The van der Waals surface area contributed by atoms with E-state index in [9.17, 15) is 4.79 Å². The third kappa shape index (κ3) is 3.72. The van der Waals surface area contributed by atoms with E-state index in [1.807, 2.05) is 61.5 Å². The van der Waals surface area contributed by atoms with E-state index in [2.05, 4.69) is 6.58 Å². The second kappa shape index (κ2) is 8.29. The number of hydrogen-bond donors (Lipinski definition) is 0. The van der Waals surface area contributed by atoms with Crippen molar-refractivity contribution in [1.82, 2.24) is 0 Å². The summed E-state index contributed by atoms with van der Waals surface area (Å²) in [6.07, 6.45) is 3.52. The maximum atomic E-state index is 12.8. The van der Waals surface area contributed by atoms with Crippen molar-refractivity contribution in [2.75, 3.05) is 7.11 Å². The van der Waals surface area contributed by atoms with Crippen LogP contribution in [-0.4, -0.2) is 12.9 Å². The zero-order valence-corrected chi connectivity index (χ0v) is 17.0. The molecule has 0 fully saturated rings. The zero-order valence-electron chi connectivity index (χ0n) is 17.0. The normalized spacial score (nSPS) is 13.7. The molecule has 4 nitrogen and oxygen atoms in total. The van der Waals surface area contributed by atoms with Gasteiger partial charge in [0.05, 0.1) is 12.7 Å². The van der Waals surface area contributed by atoms with Gasteiger partial charge in [-0.2, -0.15) is 0 Å². The van der Waals surface area contributed by atoms with E-state index in [1.54, 1.807) is 25.3 Å². The highest BCUT2D eigenvalue weighted by Gasteiger charge is 2.30. The standard InChI is InChI=1S/C26H22O4/c1-4-18-9-11-19(12-10-18)16-29-22-14-13-21-25(27)24(30-26(21)17(22)2)15-20-7-5-6-8-23(20)28-3/h4-15H,1,16H2,2-3H3/b24-15-. The molecule has 0 saturated heterocycles. The fourth-order valence-corrected chi connectivity index (χ4v) is 3.36. The van der Waals surface area contributed by atoms with Crippen molar-refractivity contribution in [2.45, 2.75) is 13.5 Å². The van der Waals surface area contributed by atoms with Crippen molar-refractivity contribution in [3.63, 3.8) is 0 Å². The Morgan fingerprint density at radius 3 is 2.50 bits per heavy atom. The quantitative estimate of drug-likeness (QED) is 0.489. The Morgan fingerprint density at radius 1 is 1.00 bits per heavy atom. The summed E-state index contributed by atoms with van der Waals surface area (Å²) in [4.78, 5) is 12.8. The molecule has 4 rings (SSSR count). The van der Waals surface area contributed by atoms with Crippen LogP contribution in [0.25, 0.3) is 12.2 Å². The first-order valence-electron chi connectivity index (χ1n) is 9.65. The largest absolute Gasteiger partial charge is 0.496 e. The first kappa shape index (κ1) is 19.5. The van der Waals surface area contributed by atoms with Gasteiger partial charge in [0.25, 0.3) is 0 Å². The van der Waals surface area contributed by atoms with Crippen molar-refractivity contribution in [3.05, 3.63) is 101 Å². The van der Waals surface area contributed by atoms with Crippen LogP contribution in [0.1, 0.15) is 32.6 Å². The van der Waals surface area contributed by atoms with Gasteiger partial charge in [-0.25, -0.2) is 0 Å². The SMILES string of the molecule is C=Cc1ccc(COc2ccc3c(c2C)O/C(=C\c2ccccc2OC)C3=O)cc1. The number of hydrogen-bond acceptors (Lipinski definition) is 4. The van der Waals surface area contributed by atoms with Crippen LogP contribution in [0.5, 0.6) is 17.2 Å². The van der Waals surface area contributed by atoms with E-state index in [1.165, 1.54) is 0 Å². The Morgan fingerprint density at radius 2 is 1.77 bits per heavy atom. The van der Waals surface area contributed by atoms with E-state index in [0.29, 0.717) is 29.4 Å². The lowest BCUT2D eigenvalue weighted by Gasteiger charge is -2.11. The molecular formula is C26H22O4. The smallest absolute Gasteiger partial charge is 0.231 e. The van der Waals surface area contributed by atoms with E-state index < -0.39 is 0 Å². The van der Waals surface area contributed by atoms with Crippen LogP contribution in [0.2, 0.25) is 0 Å². The fourth-order valence-electron chi connectivity index (χ4n) is 3.36. The summed E-state index contributed by atoms with van der Waals surface area (Å²) in [6, 6.07) is 19.1. The van der Waals surface area contributed by atoms with Gasteiger partial charge >= 0.3 is 0 Å². The molecule has 0 amide bonds. The third-order valence-electron chi connectivity index (χ3n) is 5.07. The minimum atomic E-state index is -0.148. The molecule has 1 heterocycles. The number of rotatable bonds is 6. The van der Waals surface area contributed by atoms with Crippen LogP contribution in [0.15, 0.2) is 73.0 Å². The third-order valence-corrected chi connectivity index (χ3v) is 5.07. The highest BCUT2D eigenvalue weighted by molar-refractivity contribution is 6.15. The molecular weight excluding hydrogens is 376 g/mol. The average Bonchev–Trinajstić information content (AvgIpc) is 3.10. The second-order valence-corrected chi connectivity index (χ2v) is 6.98. The number of para-hydroxylation sites is 1. The number of ketones is 1. The number of carbonyl (C=O) groups is 1. The lowest BCUT2D eigenvalue weighted by molar-refractivity contribution is 0.101. The summed E-state index contributed by atoms with van der Waals surface area (Å²) in [6.45, 7) is 6.09. The molecule has 0 aromatic heterocycles. The van der Waals surface area contributed by atoms with E-state index in [-0.39, 0.29) is 11.5 Å². The molecule has 0 N–H and O–H groups in total. The van der Waals surface area contributed by atoms with Gasteiger partial charge in [0.2, 0.25) is 5.78 Å². The van der Waals surface area contributed by atoms with Gasteiger partial charge in [-0.15, -0.1) is 0 Å². The Kier molecular flexibility index (Phi) is 5.40. The molecule has 1 aliphatic rings. The van der Waals surface area contributed by atoms with Crippen LogP contribution >= 0.6 is 0 Å². The van der Waals surface area contributed by atoms with Gasteiger partial charge in [-0.1, -0.05) is 55.1 Å². The van der Waals surface area contributed by atoms with Gasteiger partial charge in [0.1, 0.15) is 23.9 Å². The Hall–Kier alpha value is -3.79. The minimum Gasteiger partial charge on any atom is -0.496 e. The number of ether oxygens (including phenoxy) is 3. The molecule has 150 valence electrons. The van der Waals surface area contributed by atoms with E-state index in [0.717, 1.165) is 22.3 Å². The maximum absolute atomic E-state index is 12.8. The first-order chi connectivity index (χ1) is 14.6. The predicted octanol–water partition coefficient (Wildman–Crippen LogP) is 5.84. The summed E-state index contributed by atoms with van der Waals surface area (Å²) in [7, 11) is 1.60. The molecule has 3 aromatic rings. The molecule has 0 saturated carbocycles. The number of carbonyl (C=O) groups excluding carboxylic acids is 1. The van der Waals surface area contributed by atoms with Gasteiger partial charge in [-0.3, -0.25) is 4.79 Å². The lowest BCUT2D eigenvalue weighted by Crippen LogP contribution is -1.98. The number of allylic oxidation sites excluding steroid dienone is 1. The topological polar surface area (TPSA) is 44.8 Å². The fraction of sp³-hybridized carbons (Fsp3) is 0.115. The molecule has 0 spiro atoms. The molecule has 0 unspecified atom stereocenters. The van der Waals surface area contributed by atoms with Crippen LogP contribution in [0, 0.1) is 6.92 Å². The minimum absolute atomic E-state index is 0.148. The zero-order chi connectivity index (χ0) is 21.1. The van der Waals surface area contributed by atoms with Crippen molar-refractivity contribution in [1.29, 1.82) is 0 Å². The number of fused-ring (bicyclic) bond motifs is 1. The number of Topliss-reactive ketones (excluding diaryl/α,β-unsaturated/α-hetero) is 1. The molecule has 1 aliphatic heterocycles. The average molecular weight is 398 g/mol. The lowest BCUT2D eigenvalue weighted by atomic mass is 10.1. The van der Waals surface area contributed by atoms with Crippen molar-refractivity contribution in [3.8, 4) is 17.2 Å². The summed E-state index contributed by atoms with van der Waals surface area (Å²) in [5, 5.41) is 0. The van der Waals surface area contributed by atoms with Crippen LogP contribution in [0.3, 0.4) is 0 Å². The van der Waals surface area contributed by atoms with E-state index >= 15 is 0 Å². The summed E-state index contributed by atoms with van der Waals surface area (Å²) in [5.74, 6) is 2.04. The highest BCUT2D eigenvalue weighted by atomic mass is 16.5.